The summed E-state index contributed by atoms with van der Waals surface area (Å²) in [5.74, 6) is 0.250. The molecule has 0 saturated heterocycles. The summed E-state index contributed by atoms with van der Waals surface area (Å²) in [5.41, 5.74) is 5.40. The van der Waals surface area contributed by atoms with Gasteiger partial charge >= 0.3 is 0 Å². The van der Waals surface area contributed by atoms with E-state index in [1.165, 1.54) is 0 Å². The minimum absolute atomic E-state index is 0.0500. The molecule has 1 aliphatic rings. The van der Waals surface area contributed by atoms with Crippen molar-refractivity contribution in [1.29, 1.82) is 0 Å². The molecule has 126 valence electrons. The molecule has 2 heterocycles. The topological polar surface area (TPSA) is 55.1 Å². The predicted molar refractivity (Wildman–Crippen MR) is 102 cm³/mol. The average Bonchev–Trinajstić information content (AvgIpc) is 2.68. The molecule has 0 amide bonds. The SMILES string of the molecule is O=c1c2c(n(-c3ccccc3)c3ncccc13)-c1ccc(O)cc1CC2. The van der Waals surface area contributed by atoms with E-state index in [1.807, 2.05) is 42.5 Å². The lowest BCUT2D eigenvalue weighted by molar-refractivity contribution is 0.474. The summed E-state index contributed by atoms with van der Waals surface area (Å²) in [7, 11) is 0. The number of benzene rings is 2. The van der Waals surface area contributed by atoms with Crippen LogP contribution in [0.2, 0.25) is 0 Å². The molecular formula is C22H16N2O2. The van der Waals surface area contributed by atoms with Crippen LogP contribution in [0.3, 0.4) is 0 Å². The van der Waals surface area contributed by atoms with E-state index in [0.717, 1.165) is 34.5 Å². The van der Waals surface area contributed by atoms with Gasteiger partial charge in [-0.25, -0.2) is 4.98 Å². The fourth-order valence-electron chi connectivity index (χ4n) is 3.88. The van der Waals surface area contributed by atoms with Gasteiger partial charge in [-0.15, -0.1) is 0 Å². The summed E-state index contributed by atoms with van der Waals surface area (Å²) in [4.78, 5) is 17.7. The summed E-state index contributed by atoms with van der Waals surface area (Å²) in [5, 5.41) is 10.5. The van der Waals surface area contributed by atoms with Crippen LogP contribution >= 0.6 is 0 Å². The van der Waals surface area contributed by atoms with Gasteiger partial charge in [-0.3, -0.25) is 9.36 Å². The summed E-state index contributed by atoms with van der Waals surface area (Å²) in [6.45, 7) is 0. The fourth-order valence-corrected chi connectivity index (χ4v) is 3.88. The summed E-state index contributed by atoms with van der Waals surface area (Å²) >= 11 is 0. The standard InChI is InChI=1S/C22H16N2O2/c25-16-9-11-17-14(13-16)8-10-18-20(17)24(15-5-2-1-3-6-15)22-19(21(18)26)7-4-12-23-22/h1-7,9,11-13,25H,8,10H2. The van der Waals surface area contributed by atoms with Crippen molar-refractivity contribution < 1.29 is 5.11 Å². The highest BCUT2D eigenvalue weighted by Gasteiger charge is 2.25. The predicted octanol–water partition coefficient (Wildman–Crippen LogP) is 3.86. The molecule has 0 fully saturated rings. The van der Waals surface area contributed by atoms with Gasteiger partial charge in [0.15, 0.2) is 5.43 Å². The van der Waals surface area contributed by atoms with Crippen molar-refractivity contribution in [2.75, 3.05) is 0 Å². The number of phenolic OH excluding ortho intramolecular Hbond substituents is 1. The van der Waals surface area contributed by atoms with E-state index in [2.05, 4.69) is 9.55 Å². The van der Waals surface area contributed by atoms with Crippen LogP contribution in [0.25, 0.3) is 28.0 Å². The molecule has 1 aliphatic carbocycles. The van der Waals surface area contributed by atoms with Gasteiger partial charge in [0.05, 0.1) is 11.1 Å². The van der Waals surface area contributed by atoms with Crippen LogP contribution in [-0.2, 0) is 12.8 Å². The Morgan fingerprint density at radius 1 is 0.962 bits per heavy atom. The normalized spacial score (nSPS) is 12.6. The molecule has 0 atom stereocenters. The second-order valence-corrected chi connectivity index (χ2v) is 6.54. The Bertz CT molecular complexity index is 1210. The number of aryl methyl sites for hydroxylation is 1. The van der Waals surface area contributed by atoms with Crippen molar-refractivity contribution >= 4 is 11.0 Å². The van der Waals surface area contributed by atoms with E-state index < -0.39 is 0 Å². The van der Waals surface area contributed by atoms with Crippen LogP contribution in [0.4, 0.5) is 0 Å². The molecule has 0 radical (unpaired) electrons. The third-order valence-electron chi connectivity index (χ3n) is 5.03. The Morgan fingerprint density at radius 2 is 1.81 bits per heavy atom. The number of aromatic hydroxyl groups is 1. The maximum Gasteiger partial charge on any atom is 0.194 e. The molecule has 4 aromatic rings. The van der Waals surface area contributed by atoms with Crippen molar-refractivity contribution in [1.82, 2.24) is 9.55 Å². The maximum atomic E-state index is 13.1. The van der Waals surface area contributed by atoms with Crippen LogP contribution in [0, 0.1) is 0 Å². The first-order chi connectivity index (χ1) is 12.7. The van der Waals surface area contributed by atoms with Crippen LogP contribution in [0.5, 0.6) is 5.75 Å². The quantitative estimate of drug-likeness (QED) is 0.572. The van der Waals surface area contributed by atoms with Crippen molar-refractivity contribution in [3.8, 4) is 22.7 Å². The van der Waals surface area contributed by atoms with Gasteiger partial charge in [-0.1, -0.05) is 18.2 Å². The van der Waals surface area contributed by atoms with E-state index >= 15 is 0 Å². The molecule has 0 saturated carbocycles. The van der Waals surface area contributed by atoms with Gasteiger partial charge in [-0.2, -0.15) is 0 Å². The van der Waals surface area contributed by atoms with E-state index in [4.69, 9.17) is 0 Å². The van der Waals surface area contributed by atoms with Gasteiger partial charge in [0.25, 0.3) is 0 Å². The Morgan fingerprint density at radius 3 is 2.65 bits per heavy atom. The van der Waals surface area contributed by atoms with Crippen LogP contribution in [0.15, 0.2) is 71.7 Å². The van der Waals surface area contributed by atoms with Crippen molar-refractivity contribution in [3.05, 3.63) is 88.2 Å². The van der Waals surface area contributed by atoms with Crippen molar-refractivity contribution in [2.45, 2.75) is 12.8 Å². The number of phenols is 1. The molecule has 2 aromatic heterocycles. The van der Waals surface area contributed by atoms with E-state index in [9.17, 15) is 9.90 Å². The third-order valence-corrected chi connectivity index (χ3v) is 5.03. The molecule has 0 bridgehead atoms. The lowest BCUT2D eigenvalue weighted by atomic mass is 9.87. The molecule has 0 unspecified atom stereocenters. The van der Waals surface area contributed by atoms with Gasteiger partial charge in [-0.05, 0) is 60.9 Å². The highest BCUT2D eigenvalue weighted by atomic mass is 16.3. The molecule has 1 N–H and O–H groups in total. The Balaban J connectivity index is 2.00. The number of fused-ring (bicyclic) bond motifs is 4. The zero-order chi connectivity index (χ0) is 17.7. The molecule has 0 aliphatic heterocycles. The monoisotopic (exact) mass is 340 g/mol. The molecule has 0 spiro atoms. The van der Waals surface area contributed by atoms with E-state index in [1.54, 1.807) is 24.4 Å². The Hall–Kier alpha value is -3.40. The zero-order valence-corrected chi connectivity index (χ0v) is 14.0. The first-order valence-corrected chi connectivity index (χ1v) is 8.64. The number of hydrogen-bond acceptors (Lipinski definition) is 3. The fraction of sp³-hybridized carbons (Fsp3) is 0.0909. The number of rotatable bonds is 1. The van der Waals surface area contributed by atoms with Crippen molar-refractivity contribution in [2.24, 2.45) is 0 Å². The van der Waals surface area contributed by atoms with Crippen LogP contribution < -0.4 is 5.43 Å². The first kappa shape index (κ1) is 14.9. The van der Waals surface area contributed by atoms with Gasteiger partial charge in [0.2, 0.25) is 0 Å². The molecule has 26 heavy (non-hydrogen) atoms. The number of nitrogens with zero attached hydrogens (tertiary/aromatic N) is 2. The number of aromatic nitrogens is 2. The van der Waals surface area contributed by atoms with Gasteiger partial charge in [0.1, 0.15) is 11.4 Å². The minimum Gasteiger partial charge on any atom is -0.508 e. The first-order valence-electron chi connectivity index (χ1n) is 8.64. The molecule has 5 rings (SSSR count). The third kappa shape index (κ3) is 2.09. The molecule has 4 heteroatoms. The van der Waals surface area contributed by atoms with Gasteiger partial charge in [0, 0.05) is 23.0 Å². The maximum absolute atomic E-state index is 13.1. The Labute approximate surface area is 150 Å². The summed E-state index contributed by atoms with van der Waals surface area (Å²) in [6.07, 6.45) is 3.11. The zero-order valence-electron chi connectivity index (χ0n) is 14.0. The molecule has 4 nitrogen and oxygen atoms in total. The summed E-state index contributed by atoms with van der Waals surface area (Å²) < 4.78 is 2.07. The number of para-hydroxylation sites is 1. The highest BCUT2D eigenvalue weighted by Crippen LogP contribution is 2.37. The second kappa shape index (κ2) is 5.56. The largest absolute Gasteiger partial charge is 0.508 e. The van der Waals surface area contributed by atoms with Gasteiger partial charge < -0.3 is 5.11 Å². The Kier molecular flexibility index (Phi) is 3.19. The number of hydrogen-bond donors (Lipinski definition) is 1. The van der Waals surface area contributed by atoms with E-state index in [0.29, 0.717) is 17.5 Å². The molecular weight excluding hydrogens is 324 g/mol. The lowest BCUT2D eigenvalue weighted by Crippen LogP contribution is -2.22. The lowest BCUT2D eigenvalue weighted by Gasteiger charge is -2.25. The highest BCUT2D eigenvalue weighted by molar-refractivity contribution is 5.85. The van der Waals surface area contributed by atoms with E-state index in [-0.39, 0.29) is 11.2 Å². The van der Waals surface area contributed by atoms with Crippen molar-refractivity contribution in [3.63, 3.8) is 0 Å². The smallest absolute Gasteiger partial charge is 0.194 e. The van der Waals surface area contributed by atoms with Crippen LogP contribution in [0.1, 0.15) is 11.1 Å². The van der Waals surface area contributed by atoms with Crippen LogP contribution in [-0.4, -0.2) is 14.7 Å². The average molecular weight is 340 g/mol. The second-order valence-electron chi connectivity index (χ2n) is 6.54. The summed E-state index contributed by atoms with van der Waals surface area (Å²) in [6, 6.07) is 19.0. The minimum atomic E-state index is 0.0500. The number of pyridine rings is 2. The molecule has 2 aromatic carbocycles.